The molecule has 0 atom stereocenters. The van der Waals surface area contributed by atoms with Gasteiger partial charge in [0.2, 0.25) is 0 Å². The van der Waals surface area contributed by atoms with Crippen LogP contribution in [-0.4, -0.2) is 18.0 Å². The molecule has 0 radical (unpaired) electrons. The van der Waals surface area contributed by atoms with E-state index in [1.807, 2.05) is 42.5 Å². The summed E-state index contributed by atoms with van der Waals surface area (Å²) in [6.07, 6.45) is 0. The Morgan fingerprint density at radius 1 is 1.00 bits per heavy atom. The highest BCUT2D eigenvalue weighted by Gasteiger charge is 2.16. The fraction of sp³-hybridized carbons (Fsp3) is 0.0909. The third-order valence-corrected chi connectivity index (χ3v) is 7.77. The van der Waals surface area contributed by atoms with Crippen molar-refractivity contribution in [2.75, 3.05) is 12.4 Å². The highest BCUT2D eigenvalue weighted by molar-refractivity contribution is 7.22. The van der Waals surface area contributed by atoms with Crippen LogP contribution in [0, 0.1) is 14.1 Å². The summed E-state index contributed by atoms with van der Waals surface area (Å²) in [6, 6.07) is 22.2. The van der Waals surface area contributed by atoms with Crippen LogP contribution in [0.15, 0.2) is 66.7 Å². The van der Waals surface area contributed by atoms with Crippen molar-refractivity contribution >= 4 is 32.6 Å². The van der Waals surface area contributed by atoms with E-state index in [0.717, 1.165) is 16.0 Å². The second kappa shape index (κ2) is 8.28. The minimum Gasteiger partial charge on any atom is -0.497 e. The molecule has 3 aromatic carbocycles. The van der Waals surface area contributed by atoms with Gasteiger partial charge in [-0.05, 0) is 61.5 Å². The lowest BCUT2D eigenvalue weighted by atomic mass is 10.2. The van der Waals surface area contributed by atoms with Crippen molar-refractivity contribution in [2.45, 2.75) is 6.92 Å². The molecule has 4 rings (SSSR count). The van der Waals surface area contributed by atoms with Crippen molar-refractivity contribution in [2.24, 2.45) is 0 Å². The molecule has 0 saturated heterocycles. The number of carbonyl (C=O) groups is 1. The number of carbonyl (C=O) groups excluding carboxylic acids is 1. The molecule has 0 unspecified atom stereocenters. The Morgan fingerprint density at radius 3 is 2.36 bits per heavy atom. The Hall–Kier alpha value is -2.45. The summed E-state index contributed by atoms with van der Waals surface area (Å²) < 4.78 is 8.87. The number of aryl methyl sites for hydroxylation is 1. The third kappa shape index (κ3) is 4.34. The largest absolute Gasteiger partial charge is 0.497 e. The number of halogens is 1. The molecular weight excluding hydrogens is 483 g/mol. The van der Waals surface area contributed by atoms with Crippen LogP contribution in [0.5, 0.6) is 5.75 Å². The number of thiazole rings is 1. The number of nitrogens with one attached hydrogen (secondary N) is 1. The quantitative estimate of drug-likeness (QED) is 0.426. The Labute approximate surface area is 177 Å². The summed E-state index contributed by atoms with van der Waals surface area (Å²) in [6.45, 7) is 2.09. The van der Waals surface area contributed by atoms with Gasteiger partial charge < -0.3 is 4.74 Å². The number of fused-ring (bicyclic) bond motifs is 1. The molecule has 6 heteroatoms. The molecule has 28 heavy (non-hydrogen) atoms. The van der Waals surface area contributed by atoms with Gasteiger partial charge in [0, 0.05) is 5.56 Å². The van der Waals surface area contributed by atoms with Gasteiger partial charge in [-0.2, -0.15) is 0 Å². The number of hydrogen-bond donors (Lipinski definition) is 1. The number of hydrogen-bond acceptors (Lipinski definition) is 4. The van der Waals surface area contributed by atoms with E-state index in [0.29, 0.717) is 10.7 Å². The Kier molecular flexibility index (Phi) is 5.59. The summed E-state index contributed by atoms with van der Waals surface area (Å²) in [4.78, 5) is 17.0. The maximum absolute atomic E-state index is 12.6. The molecule has 1 N–H and O–H groups in total. The van der Waals surface area contributed by atoms with Crippen LogP contribution < -0.4 is 31.3 Å². The van der Waals surface area contributed by atoms with Crippen molar-refractivity contribution in [3.8, 4) is 5.75 Å². The van der Waals surface area contributed by atoms with Crippen molar-refractivity contribution in [1.82, 2.24) is 4.98 Å². The van der Waals surface area contributed by atoms with Gasteiger partial charge in [0.05, 0.1) is 17.3 Å². The van der Waals surface area contributed by atoms with Crippen LogP contribution in [0.4, 0.5) is 5.13 Å². The summed E-state index contributed by atoms with van der Waals surface area (Å²) in [7, 11) is 1.63. The minimum atomic E-state index is -0.239. The third-order valence-electron chi connectivity index (χ3n) is 4.15. The smallest absolute Gasteiger partial charge is 0.357 e. The molecule has 1 amide bonds. The van der Waals surface area contributed by atoms with Gasteiger partial charge in [-0.25, -0.2) is 4.98 Å². The van der Waals surface area contributed by atoms with Crippen LogP contribution in [0.25, 0.3) is 10.2 Å². The minimum absolute atomic E-state index is 0.147. The summed E-state index contributed by atoms with van der Waals surface area (Å²) in [5, 5.41) is 3.48. The van der Waals surface area contributed by atoms with Crippen molar-refractivity contribution in [1.29, 1.82) is 0 Å². The van der Waals surface area contributed by atoms with Gasteiger partial charge in [-0.3, -0.25) is 10.1 Å². The molecule has 0 saturated carbocycles. The number of methoxy groups -OCH3 is 1. The SMILES string of the molecule is COc1ccc2nc(NC(=O)c3ccc([I+]c4ccc(C)cc4)cc3)sc2c1. The predicted molar refractivity (Wildman–Crippen MR) is 109 cm³/mol. The highest BCUT2D eigenvalue weighted by Crippen LogP contribution is 2.29. The van der Waals surface area contributed by atoms with E-state index in [-0.39, 0.29) is 27.1 Å². The van der Waals surface area contributed by atoms with E-state index < -0.39 is 0 Å². The van der Waals surface area contributed by atoms with Crippen LogP contribution in [0.2, 0.25) is 0 Å². The predicted octanol–water partition coefficient (Wildman–Crippen LogP) is 1.99. The van der Waals surface area contributed by atoms with Crippen LogP contribution in [0.1, 0.15) is 15.9 Å². The fourth-order valence-corrected chi connectivity index (χ4v) is 5.69. The number of anilines is 1. The lowest BCUT2D eigenvalue weighted by Crippen LogP contribution is -3.61. The second-order valence-corrected chi connectivity index (χ2v) is 10.3. The molecular formula is C22H18IN2O2S+. The number of benzene rings is 3. The summed E-state index contributed by atoms with van der Waals surface area (Å²) in [5.41, 5.74) is 2.75. The molecule has 1 aromatic heterocycles. The summed E-state index contributed by atoms with van der Waals surface area (Å²) >= 11 is 1.20. The van der Waals surface area contributed by atoms with Crippen LogP contribution >= 0.6 is 11.3 Å². The molecule has 0 spiro atoms. The van der Waals surface area contributed by atoms with Crippen molar-refractivity contribution in [3.63, 3.8) is 0 Å². The monoisotopic (exact) mass is 501 g/mol. The Bertz CT molecular complexity index is 1120. The number of rotatable bonds is 5. The van der Waals surface area contributed by atoms with Gasteiger partial charge >= 0.3 is 21.2 Å². The van der Waals surface area contributed by atoms with E-state index in [2.05, 4.69) is 41.5 Å². The molecule has 4 aromatic rings. The lowest BCUT2D eigenvalue weighted by Gasteiger charge is -2.00. The topological polar surface area (TPSA) is 51.2 Å². The molecule has 0 aliphatic rings. The van der Waals surface area contributed by atoms with Gasteiger partial charge in [-0.1, -0.05) is 29.0 Å². The van der Waals surface area contributed by atoms with E-state index in [9.17, 15) is 4.79 Å². The van der Waals surface area contributed by atoms with Gasteiger partial charge in [-0.15, -0.1) is 0 Å². The Balaban J connectivity index is 1.45. The first-order valence-corrected chi connectivity index (χ1v) is 11.7. The van der Waals surface area contributed by atoms with Gasteiger partial charge in [0.1, 0.15) is 5.75 Å². The van der Waals surface area contributed by atoms with E-state index >= 15 is 0 Å². The highest BCUT2D eigenvalue weighted by atomic mass is 127. The maximum Gasteiger partial charge on any atom is 0.357 e. The first-order chi connectivity index (χ1) is 13.6. The molecule has 1 heterocycles. The zero-order valence-electron chi connectivity index (χ0n) is 15.4. The van der Waals surface area contributed by atoms with Crippen LogP contribution in [-0.2, 0) is 0 Å². The zero-order chi connectivity index (χ0) is 19.5. The normalized spacial score (nSPS) is 10.8. The molecule has 4 nitrogen and oxygen atoms in total. The molecule has 0 bridgehead atoms. The van der Waals surface area contributed by atoms with Crippen molar-refractivity contribution in [3.05, 3.63) is 85.0 Å². The van der Waals surface area contributed by atoms with Crippen molar-refractivity contribution < 1.29 is 30.7 Å². The molecule has 140 valence electrons. The van der Waals surface area contributed by atoms with Crippen LogP contribution in [0.3, 0.4) is 0 Å². The Morgan fingerprint density at radius 2 is 1.68 bits per heavy atom. The van der Waals surface area contributed by atoms with E-state index in [4.69, 9.17) is 4.74 Å². The van der Waals surface area contributed by atoms with Gasteiger partial charge in [0.15, 0.2) is 12.3 Å². The molecule has 0 aliphatic carbocycles. The molecule has 0 aliphatic heterocycles. The van der Waals surface area contributed by atoms with E-state index in [1.54, 1.807) is 7.11 Å². The zero-order valence-corrected chi connectivity index (χ0v) is 18.4. The molecule has 0 fully saturated rings. The average molecular weight is 501 g/mol. The fourth-order valence-electron chi connectivity index (χ4n) is 2.64. The maximum atomic E-state index is 12.6. The van der Waals surface area contributed by atoms with Gasteiger partial charge in [0.25, 0.3) is 5.91 Å². The first-order valence-electron chi connectivity index (χ1n) is 8.68. The number of amides is 1. The standard InChI is InChI=1S/C22H17IN2O2S/c1-14-3-7-16(8-4-14)23-17-9-5-15(6-10-17)21(26)25-22-24-19-12-11-18(27-2)13-20(19)28-22/h3-13H,1-2H3/p+1. The summed E-state index contributed by atoms with van der Waals surface area (Å²) in [5.74, 6) is 0.632. The number of nitrogens with zero attached hydrogens (tertiary/aromatic N) is 1. The lowest BCUT2D eigenvalue weighted by molar-refractivity contribution is -0.597. The van der Waals surface area contributed by atoms with E-state index in [1.165, 1.54) is 24.0 Å². The number of ether oxygens (including phenoxy) is 1. The first kappa shape index (κ1) is 18.9. The number of aromatic nitrogens is 1. The average Bonchev–Trinajstić information content (AvgIpc) is 3.11. The second-order valence-electron chi connectivity index (χ2n) is 6.20.